The molecule has 0 aliphatic heterocycles. The SMILES string of the molecule is C=CC(=O)OCC.OCC1CC2C3CCC(C3)C2C1. The summed E-state index contributed by atoms with van der Waals surface area (Å²) in [5.41, 5.74) is 0. The van der Waals surface area contributed by atoms with Gasteiger partial charge in [0.25, 0.3) is 0 Å². The van der Waals surface area contributed by atoms with Gasteiger partial charge in [0, 0.05) is 12.7 Å². The smallest absolute Gasteiger partial charge is 0.330 e. The zero-order valence-corrected chi connectivity index (χ0v) is 11.9. The van der Waals surface area contributed by atoms with E-state index in [1.54, 1.807) is 6.92 Å². The molecule has 108 valence electrons. The van der Waals surface area contributed by atoms with Gasteiger partial charge in [-0.05, 0) is 68.6 Å². The van der Waals surface area contributed by atoms with Crippen LogP contribution in [0.15, 0.2) is 12.7 Å². The minimum atomic E-state index is -0.359. The van der Waals surface area contributed by atoms with Gasteiger partial charge in [-0.25, -0.2) is 4.79 Å². The Labute approximate surface area is 116 Å². The molecular formula is C16H26O3. The van der Waals surface area contributed by atoms with Gasteiger partial charge in [-0.15, -0.1) is 0 Å². The van der Waals surface area contributed by atoms with E-state index in [0.29, 0.717) is 19.1 Å². The van der Waals surface area contributed by atoms with Gasteiger partial charge in [-0.3, -0.25) is 0 Å². The van der Waals surface area contributed by atoms with Crippen LogP contribution in [0.2, 0.25) is 0 Å². The largest absolute Gasteiger partial charge is 0.463 e. The maximum absolute atomic E-state index is 10.1. The average Bonchev–Trinajstić information content (AvgIpc) is 3.11. The number of fused-ring (bicyclic) bond motifs is 5. The van der Waals surface area contributed by atoms with E-state index in [0.717, 1.165) is 29.7 Å². The van der Waals surface area contributed by atoms with Crippen molar-refractivity contribution in [2.45, 2.75) is 39.0 Å². The second-order valence-electron chi connectivity index (χ2n) is 6.14. The summed E-state index contributed by atoms with van der Waals surface area (Å²) < 4.78 is 4.43. The lowest BCUT2D eigenvalue weighted by Crippen LogP contribution is -2.15. The van der Waals surface area contributed by atoms with E-state index in [1.807, 2.05) is 0 Å². The van der Waals surface area contributed by atoms with E-state index in [-0.39, 0.29) is 5.97 Å². The van der Waals surface area contributed by atoms with Crippen LogP contribution >= 0.6 is 0 Å². The standard InChI is InChI=1S/C11H18O.C5H8O2/c12-6-7-3-10-8-1-2-9(5-8)11(10)4-7;1-3-5(6)7-4-2/h7-12H,1-6H2;3H,1,4H2,2H3. The van der Waals surface area contributed by atoms with Crippen LogP contribution in [0.5, 0.6) is 0 Å². The van der Waals surface area contributed by atoms with Crippen molar-refractivity contribution in [1.29, 1.82) is 0 Å². The Bertz CT molecular complexity index is 308. The molecule has 0 heterocycles. The lowest BCUT2D eigenvalue weighted by atomic mass is 9.82. The van der Waals surface area contributed by atoms with Crippen LogP contribution in [-0.2, 0) is 9.53 Å². The van der Waals surface area contributed by atoms with Crippen LogP contribution in [0, 0.1) is 29.6 Å². The number of esters is 1. The molecule has 0 aromatic carbocycles. The molecule has 3 aliphatic rings. The third-order valence-electron chi connectivity index (χ3n) is 5.20. The van der Waals surface area contributed by atoms with Crippen molar-refractivity contribution in [2.24, 2.45) is 29.6 Å². The third-order valence-corrected chi connectivity index (χ3v) is 5.20. The van der Waals surface area contributed by atoms with E-state index >= 15 is 0 Å². The molecule has 19 heavy (non-hydrogen) atoms. The highest BCUT2D eigenvalue weighted by Crippen LogP contribution is 2.59. The Kier molecular flexibility index (Phi) is 5.03. The Balaban J connectivity index is 0.000000167. The highest BCUT2D eigenvalue weighted by Gasteiger charge is 2.51. The number of carbonyl (C=O) groups is 1. The Morgan fingerprint density at radius 1 is 1.26 bits per heavy atom. The van der Waals surface area contributed by atoms with Crippen LogP contribution in [0.25, 0.3) is 0 Å². The first-order valence-corrected chi connectivity index (χ1v) is 7.59. The number of rotatable bonds is 3. The van der Waals surface area contributed by atoms with Gasteiger partial charge in [0.2, 0.25) is 0 Å². The van der Waals surface area contributed by atoms with Crippen LogP contribution in [0.1, 0.15) is 39.0 Å². The van der Waals surface area contributed by atoms with Gasteiger partial charge in [0.05, 0.1) is 6.61 Å². The molecular weight excluding hydrogens is 240 g/mol. The molecule has 4 atom stereocenters. The van der Waals surface area contributed by atoms with Crippen LogP contribution in [-0.4, -0.2) is 24.3 Å². The summed E-state index contributed by atoms with van der Waals surface area (Å²) in [5, 5.41) is 9.11. The average molecular weight is 266 g/mol. The summed E-state index contributed by atoms with van der Waals surface area (Å²) in [7, 11) is 0. The quantitative estimate of drug-likeness (QED) is 0.631. The van der Waals surface area contributed by atoms with Crippen LogP contribution in [0.3, 0.4) is 0 Å². The van der Waals surface area contributed by atoms with Gasteiger partial charge in [0.15, 0.2) is 0 Å². The number of hydrogen-bond donors (Lipinski definition) is 1. The second kappa shape index (κ2) is 6.56. The summed E-state index contributed by atoms with van der Waals surface area (Å²) in [5.74, 6) is 4.50. The molecule has 2 bridgehead atoms. The molecule has 3 heteroatoms. The van der Waals surface area contributed by atoms with E-state index < -0.39 is 0 Å². The normalized spacial score (nSPS) is 38.3. The highest BCUT2D eigenvalue weighted by atomic mass is 16.5. The molecule has 3 nitrogen and oxygen atoms in total. The zero-order valence-electron chi connectivity index (χ0n) is 11.9. The fourth-order valence-electron chi connectivity index (χ4n) is 4.48. The monoisotopic (exact) mass is 266 g/mol. The summed E-state index contributed by atoms with van der Waals surface area (Å²) in [6, 6.07) is 0. The molecule has 3 aliphatic carbocycles. The molecule has 3 saturated carbocycles. The number of carbonyl (C=O) groups excluding carboxylic acids is 1. The van der Waals surface area contributed by atoms with Crippen molar-refractivity contribution in [3.8, 4) is 0 Å². The van der Waals surface area contributed by atoms with Crippen molar-refractivity contribution in [1.82, 2.24) is 0 Å². The molecule has 0 amide bonds. The Morgan fingerprint density at radius 2 is 1.84 bits per heavy atom. The van der Waals surface area contributed by atoms with Crippen molar-refractivity contribution >= 4 is 5.97 Å². The second-order valence-corrected chi connectivity index (χ2v) is 6.14. The Morgan fingerprint density at radius 3 is 2.21 bits per heavy atom. The predicted molar refractivity (Wildman–Crippen MR) is 74.5 cm³/mol. The third kappa shape index (κ3) is 3.19. The van der Waals surface area contributed by atoms with Crippen molar-refractivity contribution in [2.75, 3.05) is 13.2 Å². The van der Waals surface area contributed by atoms with Gasteiger partial charge in [0.1, 0.15) is 0 Å². The first-order valence-electron chi connectivity index (χ1n) is 7.59. The molecule has 0 spiro atoms. The maximum atomic E-state index is 10.1. The topological polar surface area (TPSA) is 46.5 Å². The zero-order chi connectivity index (χ0) is 13.8. The summed E-state index contributed by atoms with van der Waals surface area (Å²) in [6.07, 6.45) is 8.38. The van der Waals surface area contributed by atoms with Crippen molar-refractivity contribution in [3.63, 3.8) is 0 Å². The minimum absolute atomic E-state index is 0.359. The van der Waals surface area contributed by atoms with Crippen LogP contribution < -0.4 is 0 Å². The lowest BCUT2D eigenvalue weighted by Gasteiger charge is -2.23. The number of aliphatic hydroxyl groups is 1. The van der Waals surface area contributed by atoms with Gasteiger partial charge in [-0.1, -0.05) is 6.58 Å². The van der Waals surface area contributed by atoms with E-state index in [9.17, 15) is 4.79 Å². The number of aliphatic hydroxyl groups excluding tert-OH is 1. The van der Waals surface area contributed by atoms with Crippen LogP contribution in [0.4, 0.5) is 0 Å². The van der Waals surface area contributed by atoms with Crippen molar-refractivity contribution in [3.05, 3.63) is 12.7 Å². The molecule has 3 rings (SSSR count). The molecule has 0 saturated heterocycles. The maximum Gasteiger partial charge on any atom is 0.330 e. The number of hydrogen-bond acceptors (Lipinski definition) is 3. The highest BCUT2D eigenvalue weighted by molar-refractivity contribution is 5.81. The van der Waals surface area contributed by atoms with Gasteiger partial charge >= 0.3 is 5.97 Å². The first-order chi connectivity index (χ1) is 9.19. The molecule has 3 fully saturated rings. The van der Waals surface area contributed by atoms with E-state index in [1.165, 1.54) is 32.1 Å². The Hall–Kier alpha value is -0.830. The summed E-state index contributed by atoms with van der Waals surface area (Å²) >= 11 is 0. The molecule has 0 aromatic rings. The lowest BCUT2D eigenvalue weighted by molar-refractivity contribution is -0.137. The fourth-order valence-corrected chi connectivity index (χ4v) is 4.48. The van der Waals surface area contributed by atoms with E-state index in [4.69, 9.17) is 5.11 Å². The number of ether oxygens (including phenoxy) is 1. The first kappa shape index (κ1) is 14.6. The van der Waals surface area contributed by atoms with Gasteiger partial charge < -0.3 is 9.84 Å². The summed E-state index contributed by atoms with van der Waals surface area (Å²) in [4.78, 5) is 10.1. The van der Waals surface area contributed by atoms with Crippen molar-refractivity contribution < 1.29 is 14.6 Å². The molecule has 1 N–H and O–H groups in total. The fraction of sp³-hybridized carbons (Fsp3) is 0.812. The molecule has 0 radical (unpaired) electrons. The van der Waals surface area contributed by atoms with E-state index in [2.05, 4.69) is 11.3 Å². The molecule has 0 aromatic heterocycles. The summed E-state index contributed by atoms with van der Waals surface area (Å²) in [6.45, 7) is 5.83. The minimum Gasteiger partial charge on any atom is -0.463 e. The molecule has 4 unspecified atom stereocenters. The van der Waals surface area contributed by atoms with Gasteiger partial charge in [-0.2, -0.15) is 0 Å². The predicted octanol–water partition coefficient (Wildman–Crippen LogP) is 2.79.